The zero-order valence-electron chi connectivity index (χ0n) is 14.8. The average Bonchev–Trinajstić information content (AvgIpc) is 3.01. The molecule has 0 amide bonds. The summed E-state index contributed by atoms with van der Waals surface area (Å²) in [6, 6.07) is 13.1. The number of aromatic nitrogens is 1. The first-order chi connectivity index (χ1) is 13.6. The van der Waals surface area contributed by atoms with Crippen molar-refractivity contribution in [3.63, 3.8) is 0 Å². The maximum absolute atomic E-state index is 10.5. The Bertz CT molecular complexity index is 1070. The molecule has 1 heterocycles. The molecule has 142 valence electrons. The van der Waals surface area contributed by atoms with Crippen LogP contribution in [0.1, 0.15) is 11.1 Å². The van der Waals surface area contributed by atoms with Crippen LogP contribution in [0.3, 0.4) is 0 Å². The number of halogens is 1. The van der Waals surface area contributed by atoms with Crippen molar-refractivity contribution in [3.8, 4) is 18.1 Å². The van der Waals surface area contributed by atoms with Crippen LogP contribution in [0.2, 0.25) is 5.02 Å². The second-order valence-electron chi connectivity index (χ2n) is 5.92. The van der Waals surface area contributed by atoms with Crippen molar-refractivity contribution in [2.45, 2.75) is 13.2 Å². The largest absolute Gasteiger partial charge is 0.489 e. The summed E-state index contributed by atoms with van der Waals surface area (Å²) in [6.45, 7) is 0.263. The van der Waals surface area contributed by atoms with Gasteiger partial charge in [0.2, 0.25) is 6.61 Å². The second-order valence-corrected chi connectivity index (χ2v) is 6.35. The zero-order chi connectivity index (χ0) is 19.9. The number of carbonyl (C=O) groups is 1. The summed E-state index contributed by atoms with van der Waals surface area (Å²) in [4.78, 5) is 15.3. The molecule has 0 atom stereocenters. The molecule has 2 aromatic carbocycles. The monoisotopic (exact) mass is 396 g/mol. The maximum atomic E-state index is 10.5. The Morgan fingerprint density at radius 1 is 1.32 bits per heavy atom. The Kier molecular flexibility index (Phi) is 6.20. The number of fused-ring (bicyclic) bond motifs is 1. The van der Waals surface area contributed by atoms with E-state index < -0.39 is 12.6 Å². The first-order valence-electron chi connectivity index (χ1n) is 8.37. The molecule has 0 saturated heterocycles. The number of hydrogen-bond donors (Lipinski definition) is 1. The number of ether oxygens (including phenoxy) is 1. The van der Waals surface area contributed by atoms with Gasteiger partial charge in [-0.2, -0.15) is 0 Å². The van der Waals surface area contributed by atoms with Gasteiger partial charge in [-0.1, -0.05) is 34.8 Å². The van der Waals surface area contributed by atoms with Gasteiger partial charge in [0.15, 0.2) is 0 Å². The predicted molar refractivity (Wildman–Crippen MR) is 108 cm³/mol. The van der Waals surface area contributed by atoms with Crippen LogP contribution in [-0.4, -0.2) is 28.5 Å². The van der Waals surface area contributed by atoms with Crippen LogP contribution in [0.25, 0.3) is 10.9 Å². The normalized spacial score (nSPS) is 10.9. The van der Waals surface area contributed by atoms with Crippen molar-refractivity contribution in [3.05, 3.63) is 64.8 Å². The van der Waals surface area contributed by atoms with Crippen LogP contribution >= 0.6 is 11.6 Å². The lowest BCUT2D eigenvalue weighted by Crippen LogP contribution is -2.03. The van der Waals surface area contributed by atoms with Gasteiger partial charge in [0, 0.05) is 27.7 Å². The van der Waals surface area contributed by atoms with Gasteiger partial charge in [0.05, 0.1) is 12.8 Å². The first kappa shape index (κ1) is 19.3. The number of terminal acetylenes is 1. The highest BCUT2D eigenvalue weighted by molar-refractivity contribution is 6.30. The van der Waals surface area contributed by atoms with Crippen molar-refractivity contribution in [1.29, 1.82) is 0 Å². The van der Waals surface area contributed by atoms with Crippen LogP contribution in [0.4, 0.5) is 0 Å². The van der Waals surface area contributed by atoms with Crippen LogP contribution in [-0.2, 0) is 22.8 Å². The lowest BCUT2D eigenvalue weighted by molar-refractivity contribution is -0.142. The number of aliphatic carboxylic acids is 1. The lowest BCUT2D eigenvalue weighted by atomic mass is 10.2. The Morgan fingerprint density at radius 3 is 2.93 bits per heavy atom. The summed E-state index contributed by atoms with van der Waals surface area (Å²) in [5.41, 5.74) is 2.61. The molecule has 0 spiro atoms. The summed E-state index contributed by atoms with van der Waals surface area (Å²) in [5, 5.41) is 13.8. The first-order valence-corrected chi connectivity index (χ1v) is 8.75. The highest BCUT2D eigenvalue weighted by Gasteiger charge is 2.09. The third kappa shape index (κ3) is 4.84. The van der Waals surface area contributed by atoms with Gasteiger partial charge >= 0.3 is 5.97 Å². The van der Waals surface area contributed by atoms with Crippen LogP contribution < -0.4 is 4.74 Å². The third-order valence-corrected chi connectivity index (χ3v) is 4.13. The molecular formula is C21H17ClN2O4. The van der Waals surface area contributed by atoms with Gasteiger partial charge in [-0.15, -0.1) is 6.42 Å². The fourth-order valence-electron chi connectivity index (χ4n) is 2.71. The molecule has 0 bridgehead atoms. The van der Waals surface area contributed by atoms with Crippen molar-refractivity contribution in [1.82, 2.24) is 4.57 Å². The molecular weight excluding hydrogens is 380 g/mol. The van der Waals surface area contributed by atoms with E-state index >= 15 is 0 Å². The third-order valence-electron chi connectivity index (χ3n) is 3.89. The molecule has 0 unspecified atom stereocenters. The molecule has 0 aliphatic rings. The van der Waals surface area contributed by atoms with E-state index in [9.17, 15) is 4.79 Å². The fraction of sp³-hybridized carbons (Fsp3) is 0.143. The molecule has 0 fully saturated rings. The molecule has 0 radical (unpaired) electrons. The van der Waals surface area contributed by atoms with Gasteiger partial charge in [0.1, 0.15) is 12.4 Å². The maximum Gasteiger partial charge on any atom is 0.344 e. The summed E-state index contributed by atoms with van der Waals surface area (Å²) in [6.07, 6.45) is 8.73. The summed E-state index contributed by atoms with van der Waals surface area (Å²) in [5.74, 6) is 2.18. The SMILES string of the molecule is C#CCn1cc(C=NOCC(=O)O)c2cc(OCc3cccc(Cl)c3)ccc21. The smallest absolute Gasteiger partial charge is 0.344 e. The molecule has 0 aliphatic carbocycles. The number of carboxylic acids is 1. The van der Waals surface area contributed by atoms with Crippen molar-refractivity contribution >= 4 is 34.7 Å². The van der Waals surface area contributed by atoms with Gasteiger partial charge in [-0.05, 0) is 35.9 Å². The topological polar surface area (TPSA) is 73.1 Å². The zero-order valence-corrected chi connectivity index (χ0v) is 15.6. The minimum atomic E-state index is -1.09. The standard InChI is InChI=1S/C21H17ClN2O4/c1-2-8-24-12-16(11-23-28-14-21(25)26)19-10-18(6-7-20(19)24)27-13-15-4-3-5-17(22)9-15/h1,3-7,9-12H,8,13-14H2,(H,25,26). The highest BCUT2D eigenvalue weighted by Crippen LogP contribution is 2.26. The van der Waals surface area contributed by atoms with E-state index in [1.807, 2.05) is 53.2 Å². The molecule has 0 saturated carbocycles. The summed E-state index contributed by atoms with van der Waals surface area (Å²) in [7, 11) is 0. The molecule has 0 aliphatic heterocycles. The Balaban J connectivity index is 1.84. The molecule has 28 heavy (non-hydrogen) atoms. The fourth-order valence-corrected chi connectivity index (χ4v) is 2.92. The minimum Gasteiger partial charge on any atom is -0.489 e. The number of oxime groups is 1. The number of nitrogens with zero attached hydrogens (tertiary/aromatic N) is 2. The second kappa shape index (κ2) is 8.98. The number of carboxylic acid groups (broad SMARTS) is 1. The molecule has 6 nitrogen and oxygen atoms in total. The van der Waals surface area contributed by atoms with Gasteiger partial charge < -0.3 is 19.2 Å². The van der Waals surface area contributed by atoms with Crippen molar-refractivity contribution in [2.75, 3.05) is 6.61 Å². The number of hydrogen-bond acceptors (Lipinski definition) is 4. The average molecular weight is 397 g/mol. The molecule has 3 aromatic rings. The minimum absolute atomic E-state index is 0.377. The lowest BCUT2D eigenvalue weighted by Gasteiger charge is -2.08. The van der Waals surface area contributed by atoms with Crippen molar-refractivity contribution < 1.29 is 19.5 Å². The van der Waals surface area contributed by atoms with E-state index in [0.717, 1.165) is 22.0 Å². The van der Waals surface area contributed by atoms with E-state index in [-0.39, 0.29) is 0 Å². The molecule has 1 aromatic heterocycles. The van der Waals surface area contributed by atoms with Gasteiger partial charge in [0.25, 0.3) is 0 Å². The Hall–Kier alpha value is -3.43. The summed E-state index contributed by atoms with van der Waals surface area (Å²) >= 11 is 6.00. The summed E-state index contributed by atoms with van der Waals surface area (Å²) < 4.78 is 7.77. The Labute approximate surface area is 166 Å². The quantitative estimate of drug-likeness (QED) is 0.355. The van der Waals surface area contributed by atoms with E-state index in [0.29, 0.717) is 23.9 Å². The van der Waals surface area contributed by atoms with Gasteiger partial charge in [-0.3, -0.25) is 0 Å². The van der Waals surface area contributed by atoms with Crippen LogP contribution in [0, 0.1) is 12.3 Å². The van der Waals surface area contributed by atoms with E-state index in [4.69, 9.17) is 32.7 Å². The van der Waals surface area contributed by atoms with E-state index in [2.05, 4.69) is 11.1 Å². The predicted octanol–water partition coefficient (Wildman–Crippen LogP) is 3.94. The van der Waals surface area contributed by atoms with Gasteiger partial charge in [-0.25, -0.2) is 4.79 Å². The Morgan fingerprint density at radius 2 is 2.18 bits per heavy atom. The number of rotatable bonds is 8. The van der Waals surface area contributed by atoms with E-state index in [1.165, 1.54) is 6.21 Å². The highest BCUT2D eigenvalue weighted by atomic mass is 35.5. The number of benzene rings is 2. The van der Waals surface area contributed by atoms with Crippen LogP contribution in [0.15, 0.2) is 53.8 Å². The van der Waals surface area contributed by atoms with E-state index in [1.54, 1.807) is 0 Å². The molecule has 3 rings (SSSR count). The molecule has 1 N–H and O–H groups in total. The van der Waals surface area contributed by atoms with Crippen molar-refractivity contribution in [2.24, 2.45) is 5.16 Å². The van der Waals surface area contributed by atoms with Crippen LogP contribution in [0.5, 0.6) is 5.75 Å². The molecule has 7 heteroatoms.